The fourth-order valence-electron chi connectivity index (χ4n) is 2.62. The number of rotatable bonds is 6. The predicted octanol–water partition coefficient (Wildman–Crippen LogP) is 4.34. The Balaban J connectivity index is 1.73. The van der Waals surface area contributed by atoms with Gasteiger partial charge in [-0.15, -0.1) is 11.3 Å². The van der Waals surface area contributed by atoms with Crippen molar-refractivity contribution in [3.8, 4) is 5.75 Å². The van der Waals surface area contributed by atoms with Gasteiger partial charge in [-0.2, -0.15) is 0 Å². The molecule has 28 heavy (non-hydrogen) atoms. The summed E-state index contributed by atoms with van der Waals surface area (Å²) in [5.41, 5.74) is 2.44. The lowest BCUT2D eigenvalue weighted by molar-refractivity contribution is -0.133. The first-order chi connectivity index (χ1) is 13.3. The first-order valence-corrected chi connectivity index (χ1v) is 11.0. The van der Waals surface area contributed by atoms with Gasteiger partial charge in [0.15, 0.2) is 0 Å². The quantitative estimate of drug-likeness (QED) is 0.444. The molecule has 0 aliphatic carbocycles. The summed E-state index contributed by atoms with van der Waals surface area (Å²) in [6.07, 6.45) is 0.209. The molecule has 0 saturated heterocycles. The van der Waals surface area contributed by atoms with Gasteiger partial charge in [0.2, 0.25) is 0 Å². The molecule has 146 valence electrons. The normalized spacial score (nSPS) is 11.2. The van der Waals surface area contributed by atoms with E-state index in [2.05, 4.69) is 0 Å². The minimum Gasteiger partial charge on any atom is -0.426 e. The Bertz CT molecular complexity index is 1070. The zero-order chi connectivity index (χ0) is 20.3. The van der Waals surface area contributed by atoms with Crippen molar-refractivity contribution in [2.75, 3.05) is 11.4 Å². The van der Waals surface area contributed by atoms with E-state index in [0.717, 1.165) is 16.0 Å². The lowest BCUT2D eigenvalue weighted by Crippen LogP contribution is -2.26. The predicted molar refractivity (Wildman–Crippen MR) is 112 cm³/mol. The number of hydrogen-bond acceptors (Lipinski definition) is 5. The number of carbonyl (C=O) groups is 1. The first-order valence-electron chi connectivity index (χ1n) is 8.66. The summed E-state index contributed by atoms with van der Waals surface area (Å²) in [6.45, 7) is 3.82. The average Bonchev–Trinajstić information content (AvgIpc) is 3.16. The number of aryl methyl sites for hydroxylation is 2. The van der Waals surface area contributed by atoms with E-state index in [0.29, 0.717) is 11.4 Å². The molecule has 5 nitrogen and oxygen atoms in total. The van der Waals surface area contributed by atoms with Crippen molar-refractivity contribution >= 4 is 33.0 Å². The fraction of sp³-hybridized carbons (Fsp3) is 0.190. The van der Waals surface area contributed by atoms with Crippen LogP contribution in [0, 0.1) is 13.8 Å². The second-order valence-electron chi connectivity index (χ2n) is 6.44. The van der Waals surface area contributed by atoms with Gasteiger partial charge in [0.25, 0.3) is 10.0 Å². The molecule has 0 amide bonds. The van der Waals surface area contributed by atoms with Crippen LogP contribution in [0.15, 0.2) is 64.9 Å². The Morgan fingerprint density at radius 2 is 1.75 bits per heavy atom. The molecule has 2 aromatic carbocycles. The van der Waals surface area contributed by atoms with E-state index in [9.17, 15) is 13.2 Å². The SMILES string of the molecule is Cc1ccc(S(=O)(=O)N(C)c2ccc(OC(=O)Cc3cccs3)cc2)cc1C. The lowest BCUT2D eigenvalue weighted by atomic mass is 10.1. The minimum absolute atomic E-state index is 0.209. The van der Waals surface area contributed by atoms with E-state index in [4.69, 9.17) is 4.74 Å². The zero-order valence-corrected chi connectivity index (χ0v) is 17.5. The maximum Gasteiger partial charge on any atom is 0.316 e. The molecular weight excluding hydrogens is 394 g/mol. The topological polar surface area (TPSA) is 63.7 Å². The van der Waals surface area contributed by atoms with Gasteiger partial charge in [-0.25, -0.2) is 8.42 Å². The van der Waals surface area contributed by atoms with Gasteiger partial charge in [-0.1, -0.05) is 12.1 Å². The molecule has 0 aliphatic heterocycles. The summed E-state index contributed by atoms with van der Waals surface area (Å²) in [7, 11) is -2.17. The van der Waals surface area contributed by atoms with Crippen molar-refractivity contribution in [1.82, 2.24) is 0 Å². The third kappa shape index (κ3) is 4.43. The first kappa shape index (κ1) is 20.1. The summed E-state index contributed by atoms with van der Waals surface area (Å²) >= 11 is 1.50. The van der Waals surface area contributed by atoms with Gasteiger partial charge in [0.05, 0.1) is 17.0 Å². The molecule has 3 aromatic rings. The molecule has 1 heterocycles. The summed E-state index contributed by atoms with van der Waals surface area (Å²) < 4.78 is 32.3. The molecule has 0 N–H and O–H groups in total. The van der Waals surface area contributed by atoms with Crippen molar-refractivity contribution in [3.05, 3.63) is 76.0 Å². The number of carbonyl (C=O) groups excluding carboxylic acids is 1. The largest absolute Gasteiger partial charge is 0.426 e. The number of ether oxygens (including phenoxy) is 1. The molecular formula is C21H21NO4S2. The van der Waals surface area contributed by atoms with Crippen molar-refractivity contribution in [2.45, 2.75) is 25.2 Å². The maximum absolute atomic E-state index is 12.9. The number of sulfonamides is 1. The number of hydrogen-bond donors (Lipinski definition) is 0. The van der Waals surface area contributed by atoms with Crippen LogP contribution in [-0.4, -0.2) is 21.4 Å². The Hall–Kier alpha value is -2.64. The average molecular weight is 416 g/mol. The highest BCUT2D eigenvalue weighted by atomic mass is 32.2. The van der Waals surface area contributed by atoms with Crippen LogP contribution < -0.4 is 9.04 Å². The van der Waals surface area contributed by atoms with Crippen LogP contribution in [0.2, 0.25) is 0 Å². The monoisotopic (exact) mass is 415 g/mol. The number of benzene rings is 2. The standard InChI is InChI=1S/C21H21NO4S2/c1-15-6-11-20(13-16(15)2)28(24,25)22(3)17-7-9-18(10-8-17)26-21(23)14-19-5-4-12-27-19/h4-13H,14H2,1-3H3. The molecule has 7 heteroatoms. The molecule has 1 aromatic heterocycles. The van der Waals surface area contributed by atoms with Crippen LogP contribution in [0.3, 0.4) is 0 Å². The van der Waals surface area contributed by atoms with E-state index in [1.165, 1.54) is 22.7 Å². The fourth-order valence-corrected chi connectivity index (χ4v) is 4.59. The van der Waals surface area contributed by atoms with Crippen LogP contribution in [0.25, 0.3) is 0 Å². The highest BCUT2D eigenvalue weighted by Gasteiger charge is 2.22. The third-order valence-electron chi connectivity index (χ3n) is 4.47. The summed E-state index contributed by atoms with van der Waals surface area (Å²) in [4.78, 5) is 13.2. The number of esters is 1. The van der Waals surface area contributed by atoms with Gasteiger partial charge >= 0.3 is 5.97 Å². The number of thiophene rings is 1. The molecule has 0 radical (unpaired) electrons. The summed E-state index contributed by atoms with van der Waals surface area (Å²) in [5.74, 6) is 0.0218. The second kappa shape index (κ2) is 8.16. The molecule has 0 spiro atoms. The van der Waals surface area contributed by atoms with Gasteiger partial charge in [-0.05, 0) is 72.8 Å². The number of nitrogens with zero attached hydrogens (tertiary/aromatic N) is 1. The van der Waals surface area contributed by atoms with Gasteiger partial charge in [0, 0.05) is 11.9 Å². The molecule has 0 bridgehead atoms. The third-order valence-corrected chi connectivity index (χ3v) is 7.13. The van der Waals surface area contributed by atoms with Crippen molar-refractivity contribution in [2.24, 2.45) is 0 Å². The van der Waals surface area contributed by atoms with Crippen LogP contribution in [0.1, 0.15) is 16.0 Å². The maximum atomic E-state index is 12.9. The minimum atomic E-state index is -3.67. The van der Waals surface area contributed by atoms with Crippen LogP contribution in [-0.2, 0) is 21.2 Å². The lowest BCUT2D eigenvalue weighted by Gasteiger charge is -2.20. The zero-order valence-electron chi connectivity index (χ0n) is 15.9. The van der Waals surface area contributed by atoms with E-state index in [1.54, 1.807) is 42.5 Å². The van der Waals surface area contributed by atoms with Crippen LogP contribution in [0.4, 0.5) is 5.69 Å². The van der Waals surface area contributed by atoms with Gasteiger partial charge in [0.1, 0.15) is 5.75 Å². The highest BCUT2D eigenvalue weighted by molar-refractivity contribution is 7.92. The van der Waals surface area contributed by atoms with Crippen molar-refractivity contribution in [3.63, 3.8) is 0 Å². The molecule has 3 rings (SSSR count). The van der Waals surface area contributed by atoms with Crippen molar-refractivity contribution in [1.29, 1.82) is 0 Å². The van der Waals surface area contributed by atoms with Gasteiger partial charge in [-0.3, -0.25) is 9.10 Å². The smallest absolute Gasteiger partial charge is 0.316 e. The van der Waals surface area contributed by atoms with E-state index >= 15 is 0 Å². The van der Waals surface area contributed by atoms with E-state index < -0.39 is 10.0 Å². The van der Waals surface area contributed by atoms with Crippen molar-refractivity contribution < 1.29 is 17.9 Å². The highest BCUT2D eigenvalue weighted by Crippen LogP contribution is 2.25. The Morgan fingerprint density at radius 3 is 2.36 bits per heavy atom. The van der Waals surface area contributed by atoms with Crippen LogP contribution >= 0.6 is 11.3 Å². The van der Waals surface area contributed by atoms with Gasteiger partial charge < -0.3 is 4.74 Å². The second-order valence-corrected chi connectivity index (χ2v) is 9.44. The Morgan fingerprint density at radius 1 is 1.04 bits per heavy atom. The number of anilines is 1. The molecule has 0 fully saturated rings. The van der Waals surface area contributed by atoms with Crippen LogP contribution in [0.5, 0.6) is 5.75 Å². The molecule has 0 unspecified atom stereocenters. The van der Waals surface area contributed by atoms with E-state index in [1.807, 2.05) is 31.4 Å². The molecule has 0 aliphatic rings. The summed E-state index contributed by atoms with van der Waals surface area (Å²) in [6, 6.07) is 15.2. The Kier molecular flexibility index (Phi) is 5.86. The molecule has 0 saturated carbocycles. The summed E-state index contributed by atoms with van der Waals surface area (Å²) in [5, 5.41) is 1.91. The molecule has 0 atom stereocenters. The van der Waals surface area contributed by atoms with E-state index in [-0.39, 0.29) is 17.3 Å². The Labute approximate surface area is 169 Å².